The molecule has 0 bridgehead atoms. The molecule has 2 aromatic rings. The molecule has 1 heterocycles. The lowest BCUT2D eigenvalue weighted by Gasteiger charge is -2.11. The van der Waals surface area contributed by atoms with Gasteiger partial charge < -0.3 is 0 Å². The Morgan fingerprint density at radius 1 is 1.07 bits per heavy atom. The third-order valence-corrected chi connectivity index (χ3v) is 3.84. The number of pyridine rings is 1. The fourth-order valence-corrected chi connectivity index (χ4v) is 2.32. The number of aryl methyl sites for hydroxylation is 1. The maximum atomic E-state index is 4.40. The van der Waals surface area contributed by atoms with Gasteiger partial charge in [-0.1, -0.05) is 6.07 Å². The molecule has 0 radical (unpaired) electrons. The Balaban J connectivity index is 3.02. The molecule has 0 unspecified atom stereocenters. The smallest absolute Gasteiger partial charge is 0.0849 e. The molecule has 0 N–H and O–H groups in total. The first kappa shape index (κ1) is 9.66. The van der Waals surface area contributed by atoms with Gasteiger partial charge in [0.25, 0.3) is 0 Å². The van der Waals surface area contributed by atoms with Gasteiger partial charge >= 0.3 is 0 Å². The van der Waals surface area contributed by atoms with Crippen LogP contribution < -0.4 is 0 Å². The molecule has 0 aliphatic heterocycles. The molecule has 0 amide bonds. The van der Waals surface area contributed by atoms with Crippen LogP contribution >= 0.6 is 15.9 Å². The number of rotatable bonds is 0. The summed E-state index contributed by atoms with van der Waals surface area (Å²) in [6.07, 6.45) is 1.83. The minimum absolute atomic E-state index is 1.06. The van der Waals surface area contributed by atoms with Gasteiger partial charge in [-0.15, -0.1) is 0 Å². The Hall–Kier alpha value is -0.890. The van der Waals surface area contributed by atoms with E-state index in [0.717, 1.165) is 9.99 Å². The lowest BCUT2D eigenvalue weighted by atomic mass is 9.99. The summed E-state index contributed by atoms with van der Waals surface area (Å²) in [7, 11) is 0. The maximum absolute atomic E-state index is 4.40. The quantitative estimate of drug-likeness (QED) is 0.690. The molecule has 2 rings (SSSR count). The number of nitrogens with zero attached hydrogens (tertiary/aromatic N) is 1. The number of halogens is 1. The van der Waals surface area contributed by atoms with Crippen molar-refractivity contribution >= 4 is 26.8 Å². The van der Waals surface area contributed by atoms with E-state index in [2.05, 4.69) is 47.8 Å². The van der Waals surface area contributed by atoms with Crippen molar-refractivity contribution in [1.29, 1.82) is 0 Å². The fraction of sp³-hybridized carbons (Fsp3) is 0.250. The van der Waals surface area contributed by atoms with E-state index in [0.29, 0.717) is 0 Å². The van der Waals surface area contributed by atoms with Crippen molar-refractivity contribution in [3.05, 3.63) is 39.5 Å². The predicted octanol–water partition coefficient (Wildman–Crippen LogP) is 3.92. The zero-order valence-electron chi connectivity index (χ0n) is 8.56. The highest BCUT2D eigenvalue weighted by Gasteiger charge is 2.09. The molecule has 0 fully saturated rings. The van der Waals surface area contributed by atoms with E-state index in [1.807, 2.05) is 12.3 Å². The highest BCUT2D eigenvalue weighted by atomic mass is 79.9. The summed E-state index contributed by atoms with van der Waals surface area (Å²) < 4.78 is 1.12. The molecule has 0 aliphatic carbocycles. The number of hydrogen-bond acceptors (Lipinski definition) is 1. The zero-order chi connectivity index (χ0) is 10.3. The number of fused-ring (bicyclic) bond motifs is 1. The van der Waals surface area contributed by atoms with Crippen molar-refractivity contribution < 1.29 is 0 Å². The molecule has 2 heteroatoms. The van der Waals surface area contributed by atoms with E-state index >= 15 is 0 Å². The molecule has 0 aliphatic rings. The second kappa shape index (κ2) is 3.35. The normalized spacial score (nSPS) is 10.9. The Labute approximate surface area is 92.3 Å². The van der Waals surface area contributed by atoms with Crippen LogP contribution in [0.2, 0.25) is 0 Å². The summed E-state index contributed by atoms with van der Waals surface area (Å²) in [5, 5.41) is 1.24. The molecule has 14 heavy (non-hydrogen) atoms. The molecule has 0 saturated carbocycles. The average molecular weight is 250 g/mol. The molecule has 0 spiro atoms. The summed E-state index contributed by atoms with van der Waals surface area (Å²) in [4.78, 5) is 4.40. The SMILES string of the molecule is Cc1c(C)c(Br)c2ncccc2c1C. The second-order valence-electron chi connectivity index (χ2n) is 3.59. The minimum Gasteiger partial charge on any atom is -0.255 e. The van der Waals surface area contributed by atoms with Crippen LogP contribution in [0, 0.1) is 20.8 Å². The first-order valence-corrected chi connectivity index (χ1v) is 5.42. The largest absolute Gasteiger partial charge is 0.255 e. The minimum atomic E-state index is 1.06. The lowest BCUT2D eigenvalue weighted by Crippen LogP contribution is -1.92. The summed E-state index contributed by atoms with van der Waals surface area (Å²) in [5.41, 5.74) is 5.02. The molecular weight excluding hydrogens is 238 g/mol. The summed E-state index contributed by atoms with van der Waals surface area (Å²) in [5.74, 6) is 0. The number of hydrogen-bond donors (Lipinski definition) is 0. The van der Waals surface area contributed by atoms with Gasteiger partial charge in [0.05, 0.1) is 5.52 Å². The summed E-state index contributed by atoms with van der Waals surface area (Å²) in [6, 6.07) is 4.10. The summed E-state index contributed by atoms with van der Waals surface area (Å²) >= 11 is 3.60. The Kier molecular flexibility index (Phi) is 2.31. The van der Waals surface area contributed by atoms with Gasteiger partial charge in [-0.3, -0.25) is 4.98 Å². The van der Waals surface area contributed by atoms with Crippen LogP contribution in [0.5, 0.6) is 0 Å². The van der Waals surface area contributed by atoms with Gasteiger partial charge in [-0.05, 0) is 59.5 Å². The van der Waals surface area contributed by atoms with Crippen molar-refractivity contribution in [2.24, 2.45) is 0 Å². The lowest BCUT2D eigenvalue weighted by molar-refractivity contribution is 1.26. The standard InChI is InChI=1S/C12H12BrN/c1-7-8(2)10-5-4-6-14-12(10)11(13)9(7)3/h4-6H,1-3H3. The van der Waals surface area contributed by atoms with Gasteiger partial charge in [0.1, 0.15) is 0 Å². The van der Waals surface area contributed by atoms with Crippen molar-refractivity contribution in [2.75, 3.05) is 0 Å². The Morgan fingerprint density at radius 2 is 1.79 bits per heavy atom. The second-order valence-corrected chi connectivity index (χ2v) is 4.38. The Morgan fingerprint density at radius 3 is 2.50 bits per heavy atom. The van der Waals surface area contributed by atoms with Gasteiger partial charge in [-0.2, -0.15) is 0 Å². The third-order valence-electron chi connectivity index (χ3n) is 2.87. The van der Waals surface area contributed by atoms with Crippen LogP contribution in [0.3, 0.4) is 0 Å². The van der Waals surface area contributed by atoms with E-state index in [4.69, 9.17) is 0 Å². The van der Waals surface area contributed by atoms with Crippen molar-refractivity contribution in [2.45, 2.75) is 20.8 Å². The average Bonchev–Trinajstić information content (AvgIpc) is 2.23. The van der Waals surface area contributed by atoms with Crippen LogP contribution in [-0.4, -0.2) is 4.98 Å². The fourth-order valence-electron chi connectivity index (χ4n) is 1.71. The molecule has 1 aromatic carbocycles. The molecule has 0 atom stereocenters. The van der Waals surface area contributed by atoms with Gasteiger partial charge in [0.15, 0.2) is 0 Å². The van der Waals surface area contributed by atoms with Crippen LogP contribution in [0.25, 0.3) is 10.9 Å². The van der Waals surface area contributed by atoms with E-state index in [1.165, 1.54) is 22.1 Å². The highest BCUT2D eigenvalue weighted by molar-refractivity contribution is 9.10. The third kappa shape index (κ3) is 1.25. The molecule has 1 nitrogen and oxygen atoms in total. The van der Waals surface area contributed by atoms with Gasteiger partial charge in [-0.25, -0.2) is 0 Å². The van der Waals surface area contributed by atoms with Crippen molar-refractivity contribution in [3.63, 3.8) is 0 Å². The Bertz CT molecular complexity index is 457. The molecule has 72 valence electrons. The van der Waals surface area contributed by atoms with Crippen LogP contribution in [0.4, 0.5) is 0 Å². The van der Waals surface area contributed by atoms with E-state index in [9.17, 15) is 0 Å². The zero-order valence-corrected chi connectivity index (χ0v) is 10.1. The number of aromatic nitrogens is 1. The van der Waals surface area contributed by atoms with E-state index < -0.39 is 0 Å². The topological polar surface area (TPSA) is 12.9 Å². The highest BCUT2D eigenvalue weighted by Crippen LogP contribution is 2.31. The maximum Gasteiger partial charge on any atom is 0.0849 e. The molecule has 0 saturated heterocycles. The first-order chi connectivity index (χ1) is 6.63. The molecular formula is C12H12BrN. The van der Waals surface area contributed by atoms with Crippen LogP contribution in [-0.2, 0) is 0 Å². The molecule has 1 aromatic heterocycles. The first-order valence-electron chi connectivity index (χ1n) is 4.63. The van der Waals surface area contributed by atoms with Crippen molar-refractivity contribution in [3.8, 4) is 0 Å². The predicted molar refractivity (Wildman–Crippen MR) is 63.7 cm³/mol. The van der Waals surface area contributed by atoms with Crippen LogP contribution in [0.1, 0.15) is 16.7 Å². The van der Waals surface area contributed by atoms with E-state index in [1.54, 1.807) is 0 Å². The van der Waals surface area contributed by atoms with Crippen molar-refractivity contribution in [1.82, 2.24) is 4.98 Å². The van der Waals surface area contributed by atoms with Gasteiger partial charge in [0.2, 0.25) is 0 Å². The number of benzene rings is 1. The van der Waals surface area contributed by atoms with E-state index in [-0.39, 0.29) is 0 Å². The van der Waals surface area contributed by atoms with Crippen LogP contribution in [0.15, 0.2) is 22.8 Å². The van der Waals surface area contributed by atoms with Gasteiger partial charge in [0, 0.05) is 16.1 Å². The monoisotopic (exact) mass is 249 g/mol. The summed E-state index contributed by atoms with van der Waals surface area (Å²) in [6.45, 7) is 6.43.